The van der Waals surface area contributed by atoms with Crippen LogP contribution in [0.3, 0.4) is 0 Å². The van der Waals surface area contributed by atoms with Gasteiger partial charge >= 0.3 is 5.97 Å². The molecule has 20 heavy (non-hydrogen) atoms. The predicted octanol–water partition coefficient (Wildman–Crippen LogP) is 3.50. The third-order valence-corrected chi connectivity index (χ3v) is 4.25. The van der Waals surface area contributed by atoms with E-state index in [9.17, 15) is 4.79 Å². The second-order valence-corrected chi connectivity index (χ2v) is 6.23. The Morgan fingerprint density at radius 3 is 2.75 bits per heavy atom. The van der Waals surface area contributed by atoms with Gasteiger partial charge in [0.1, 0.15) is 0 Å². The van der Waals surface area contributed by atoms with Crippen LogP contribution in [0.2, 0.25) is 5.02 Å². The number of carboxylic acid groups (broad SMARTS) is 1. The van der Waals surface area contributed by atoms with Crippen molar-refractivity contribution in [1.29, 1.82) is 0 Å². The van der Waals surface area contributed by atoms with E-state index in [1.54, 1.807) is 0 Å². The van der Waals surface area contributed by atoms with Crippen molar-refractivity contribution in [2.45, 2.75) is 51.1 Å². The summed E-state index contributed by atoms with van der Waals surface area (Å²) in [7, 11) is 0. The largest absolute Gasteiger partial charge is 0.481 e. The number of benzene rings is 1. The van der Waals surface area contributed by atoms with Crippen LogP contribution in [-0.2, 0) is 11.2 Å². The van der Waals surface area contributed by atoms with Crippen LogP contribution in [0.4, 0.5) is 0 Å². The quantitative estimate of drug-likeness (QED) is 0.874. The molecule has 1 aromatic carbocycles. The van der Waals surface area contributed by atoms with Crippen LogP contribution in [0.1, 0.15) is 38.2 Å². The van der Waals surface area contributed by atoms with Crippen molar-refractivity contribution in [2.75, 3.05) is 0 Å². The van der Waals surface area contributed by atoms with Crippen LogP contribution < -0.4 is 5.32 Å². The first-order valence-corrected chi connectivity index (χ1v) is 7.65. The zero-order valence-electron chi connectivity index (χ0n) is 11.8. The van der Waals surface area contributed by atoms with Gasteiger partial charge in [-0.3, -0.25) is 4.79 Å². The first kappa shape index (κ1) is 15.3. The summed E-state index contributed by atoms with van der Waals surface area (Å²) >= 11 is 5.88. The highest BCUT2D eigenvalue weighted by Crippen LogP contribution is 2.25. The number of hydrogen-bond acceptors (Lipinski definition) is 2. The number of hydrogen-bond donors (Lipinski definition) is 2. The Morgan fingerprint density at radius 1 is 1.40 bits per heavy atom. The normalized spacial score (nSPS) is 24.3. The van der Waals surface area contributed by atoms with Crippen molar-refractivity contribution in [3.8, 4) is 0 Å². The fourth-order valence-corrected chi connectivity index (χ4v) is 3.13. The molecule has 1 fully saturated rings. The molecule has 0 aromatic heterocycles. The molecule has 0 saturated heterocycles. The highest BCUT2D eigenvalue weighted by atomic mass is 35.5. The summed E-state index contributed by atoms with van der Waals surface area (Å²) in [6.45, 7) is 2.15. The number of carboxylic acids is 1. The van der Waals surface area contributed by atoms with Gasteiger partial charge in [-0.2, -0.15) is 0 Å². The number of halogens is 1. The second-order valence-electron chi connectivity index (χ2n) is 5.80. The highest BCUT2D eigenvalue weighted by molar-refractivity contribution is 6.30. The lowest BCUT2D eigenvalue weighted by Gasteiger charge is -2.30. The average molecular weight is 296 g/mol. The lowest BCUT2D eigenvalue weighted by atomic mass is 9.85. The smallest absolute Gasteiger partial charge is 0.306 e. The topological polar surface area (TPSA) is 49.3 Å². The Hall–Kier alpha value is -1.06. The molecule has 1 saturated carbocycles. The van der Waals surface area contributed by atoms with E-state index in [2.05, 4.69) is 12.2 Å². The SMILES string of the molecule is CC(Cc1ccc(Cl)cc1)NC1CCCC(C(=O)O)C1. The van der Waals surface area contributed by atoms with E-state index in [4.69, 9.17) is 16.7 Å². The van der Waals surface area contributed by atoms with Gasteiger partial charge in [0, 0.05) is 17.1 Å². The van der Waals surface area contributed by atoms with E-state index in [0.29, 0.717) is 12.1 Å². The molecular weight excluding hydrogens is 274 g/mol. The molecule has 3 nitrogen and oxygen atoms in total. The number of aliphatic carboxylic acids is 1. The van der Waals surface area contributed by atoms with Crippen molar-refractivity contribution in [2.24, 2.45) is 5.92 Å². The monoisotopic (exact) mass is 295 g/mol. The summed E-state index contributed by atoms with van der Waals surface area (Å²) in [5.74, 6) is -0.828. The number of carbonyl (C=O) groups is 1. The maximum absolute atomic E-state index is 11.1. The Morgan fingerprint density at radius 2 is 2.10 bits per heavy atom. The van der Waals surface area contributed by atoms with Gasteiger partial charge in [0.2, 0.25) is 0 Å². The molecule has 1 aliphatic carbocycles. The maximum Gasteiger partial charge on any atom is 0.306 e. The van der Waals surface area contributed by atoms with Crippen molar-refractivity contribution in [1.82, 2.24) is 5.32 Å². The van der Waals surface area contributed by atoms with Gasteiger partial charge in [-0.25, -0.2) is 0 Å². The van der Waals surface area contributed by atoms with Gasteiger partial charge < -0.3 is 10.4 Å². The summed E-state index contributed by atoms with van der Waals surface area (Å²) in [4.78, 5) is 11.1. The van der Waals surface area contributed by atoms with Gasteiger partial charge in [-0.05, 0) is 50.3 Å². The third-order valence-electron chi connectivity index (χ3n) is 4.00. The molecule has 0 amide bonds. The van der Waals surface area contributed by atoms with E-state index < -0.39 is 5.97 Å². The summed E-state index contributed by atoms with van der Waals surface area (Å²) in [6.07, 6.45) is 4.59. The average Bonchev–Trinajstić information content (AvgIpc) is 2.41. The fraction of sp³-hybridized carbons (Fsp3) is 0.562. The van der Waals surface area contributed by atoms with E-state index in [0.717, 1.165) is 37.1 Å². The lowest BCUT2D eigenvalue weighted by molar-refractivity contribution is -0.143. The summed E-state index contributed by atoms with van der Waals surface area (Å²) < 4.78 is 0. The van der Waals surface area contributed by atoms with Crippen LogP contribution in [-0.4, -0.2) is 23.2 Å². The Kier molecular flexibility index (Phi) is 5.44. The Balaban J connectivity index is 1.83. The van der Waals surface area contributed by atoms with Crippen LogP contribution >= 0.6 is 11.6 Å². The second kappa shape index (κ2) is 7.09. The zero-order chi connectivity index (χ0) is 14.5. The molecule has 4 heteroatoms. The van der Waals surface area contributed by atoms with Crippen LogP contribution in [0.25, 0.3) is 0 Å². The molecule has 3 atom stereocenters. The van der Waals surface area contributed by atoms with E-state index in [1.807, 2.05) is 24.3 Å². The molecule has 3 unspecified atom stereocenters. The van der Waals surface area contributed by atoms with Gasteiger partial charge in [0.05, 0.1) is 5.92 Å². The van der Waals surface area contributed by atoms with E-state index in [-0.39, 0.29) is 5.92 Å². The van der Waals surface area contributed by atoms with Crippen molar-refractivity contribution >= 4 is 17.6 Å². The number of rotatable bonds is 5. The minimum Gasteiger partial charge on any atom is -0.481 e. The van der Waals surface area contributed by atoms with Gasteiger partial charge in [-0.1, -0.05) is 30.2 Å². The molecule has 0 heterocycles. The van der Waals surface area contributed by atoms with Gasteiger partial charge in [0.15, 0.2) is 0 Å². The molecule has 2 N–H and O–H groups in total. The highest BCUT2D eigenvalue weighted by Gasteiger charge is 2.27. The van der Waals surface area contributed by atoms with Crippen LogP contribution in [0.15, 0.2) is 24.3 Å². The summed E-state index contributed by atoms with van der Waals surface area (Å²) in [5.41, 5.74) is 1.25. The van der Waals surface area contributed by atoms with Gasteiger partial charge in [0.25, 0.3) is 0 Å². The van der Waals surface area contributed by atoms with E-state index >= 15 is 0 Å². The molecule has 0 radical (unpaired) electrons. The Labute approximate surface area is 125 Å². The predicted molar refractivity (Wildman–Crippen MR) is 81.1 cm³/mol. The summed E-state index contributed by atoms with van der Waals surface area (Å²) in [5, 5.41) is 13.4. The zero-order valence-corrected chi connectivity index (χ0v) is 12.6. The van der Waals surface area contributed by atoms with Crippen LogP contribution in [0, 0.1) is 5.92 Å². The molecule has 0 spiro atoms. The third kappa shape index (κ3) is 4.50. The van der Waals surface area contributed by atoms with Crippen LogP contribution in [0.5, 0.6) is 0 Å². The number of nitrogens with one attached hydrogen (secondary N) is 1. The molecule has 2 rings (SSSR count). The van der Waals surface area contributed by atoms with Crippen molar-refractivity contribution < 1.29 is 9.90 Å². The molecule has 1 aromatic rings. The maximum atomic E-state index is 11.1. The lowest BCUT2D eigenvalue weighted by Crippen LogP contribution is -2.41. The molecular formula is C16H22ClNO2. The van der Waals surface area contributed by atoms with Crippen molar-refractivity contribution in [3.63, 3.8) is 0 Å². The molecule has 0 aliphatic heterocycles. The fourth-order valence-electron chi connectivity index (χ4n) is 3.00. The first-order chi connectivity index (χ1) is 9.54. The Bertz CT molecular complexity index is 446. The molecule has 1 aliphatic rings. The van der Waals surface area contributed by atoms with Crippen molar-refractivity contribution in [3.05, 3.63) is 34.9 Å². The van der Waals surface area contributed by atoms with Gasteiger partial charge in [-0.15, -0.1) is 0 Å². The first-order valence-electron chi connectivity index (χ1n) is 7.28. The molecule has 0 bridgehead atoms. The minimum absolute atomic E-state index is 0.177. The molecule has 110 valence electrons. The van der Waals surface area contributed by atoms with E-state index in [1.165, 1.54) is 5.56 Å². The summed E-state index contributed by atoms with van der Waals surface area (Å²) in [6, 6.07) is 8.57. The standard InChI is InChI=1S/C16H22ClNO2/c1-11(9-12-5-7-14(17)8-6-12)18-15-4-2-3-13(10-15)16(19)20/h5-8,11,13,15,18H,2-4,9-10H2,1H3,(H,19,20). The minimum atomic E-state index is -0.651.